The lowest BCUT2D eigenvalue weighted by molar-refractivity contribution is 0.143. The standard InChI is InChI=1S/C25H35N3O3/c1-16(2)26-25(29)27-18(4)24-21-14-23(31-6)22(30-5)13-20(21)11-12-28(24)15-19-9-7-17(3)8-10-19/h7-10,13-14,16,18,24H,11-12,15H2,1-6H3,(H2,26,27,29)/t18-,24-/m1/s1. The van der Waals surface area contributed by atoms with Crippen molar-refractivity contribution in [3.8, 4) is 11.5 Å². The molecule has 1 aliphatic rings. The Morgan fingerprint density at radius 2 is 1.71 bits per heavy atom. The summed E-state index contributed by atoms with van der Waals surface area (Å²) in [6.07, 6.45) is 0.920. The van der Waals surface area contributed by atoms with Crippen LogP contribution in [-0.2, 0) is 13.0 Å². The van der Waals surface area contributed by atoms with Crippen LogP contribution < -0.4 is 20.1 Å². The van der Waals surface area contributed by atoms with Crippen molar-refractivity contribution in [1.29, 1.82) is 0 Å². The number of nitrogens with zero attached hydrogens (tertiary/aromatic N) is 1. The van der Waals surface area contributed by atoms with Gasteiger partial charge in [-0.25, -0.2) is 4.79 Å². The van der Waals surface area contributed by atoms with Crippen molar-refractivity contribution in [1.82, 2.24) is 15.5 Å². The number of hydrogen-bond donors (Lipinski definition) is 2. The molecule has 2 aromatic carbocycles. The molecule has 0 saturated heterocycles. The molecule has 1 heterocycles. The minimum Gasteiger partial charge on any atom is -0.493 e. The zero-order valence-electron chi connectivity index (χ0n) is 19.5. The molecule has 3 rings (SSSR count). The van der Waals surface area contributed by atoms with E-state index in [9.17, 15) is 4.79 Å². The maximum atomic E-state index is 12.5. The molecule has 2 N–H and O–H groups in total. The Labute approximate surface area is 185 Å². The molecule has 0 spiro atoms. The van der Waals surface area contributed by atoms with Crippen molar-refractivity contribution in [3.63, 3.8) is 0 Å². The Morgan fingerprint density at radius 3 is 2.32 bits per heavy atom. The van der Waals surface area contributed by atoms with Gasteiger partial charge in [0, 0.05) is 25.2 Å². The molecule has 0 aliphatic carbocycles. The molecule has 2 atom stereocenters. The highest BCUT2D eigenvalue weighted by atomic mass is 16.5. The molecular weight excluding hydrogens is 390 g/mol. The van der Waals surface area contributed by atoms with Gasteiger partial charge >= 0.3 is 6.03 Å². The predicted molar refractivity (Wildman–Crippen MR) is 124 cm³/mol. The van der Waals surface area contributed by atoms with E-state index in [4.69, 9.17) is 9.47 Å². The number of hydrogen-bond acceptors (Lipinski definition) is 4. The lowest BCUT2D eigenvalue weighted by atomic mass is 9.87. The van der Waals surface area contributed by atoms with E-state index < -0.39 is 0 Å². The van der Waals surface area contributed by atoms with Crippen LogP contribution in [0.15, 0.2) is 36.4 Å². The van der Waals surface area contributed by atoms with Crippen molar-refractivity contribution in [2.45, 2.75) is 58.8 Å². The van der Waals surface area contributed by atoms with Crippen LogP contribution in [0.3, 0.4) is 0 Å². The largest absolute Gasteiger partial charge is 0.493 e. The second-order valence-electron chi connectivity index (χ2n) is 8.62. The monoisotopic (exact) mass is 425 g/mol. The molecule has 6 heteroatoms. The van der Waals surface area contributed by atoms with E-state index in [0.717, 1.165) is 25.3 Å². The fraction of sp³-hybridized carbons (Fsp3) is 0.480. The van der Waals surface area contributed by atoms with Gasteiger partial charge in [0.05, 0.1) is 20.3 Å². The summed E-state index contributed by atoms with van der Waals surface area (Å²) < 4.78 is 11.1. The molecule has 0 aromatic heterocycles. The first-order chi connectivity index (χ1) is 14.8. The van der Waals surface area contributed by atoms with Gasteiger partial charge in [-0.1, -0.05) is 29.8 Å². The summed E-state index contributed by atoms with van der Waals surface area (Å²) in [7, 11) is 3.32. The van der Waals surface area contributed by atoms with E-state index >= 15 is 0 Å². The zero-order chi connectivity index (χ0) is 22.5. The summed E-state index contributed by atoms with van der Waals surface area (Å²) in [5.41, 5.74) is 4.92. The van der Waals surface area contributed by atoms with Gasteiger partial charge < -0.3 is 20.1 Å². The second kappa shape index (κ2) is 10.1. The van der Waals surface area contributed by atoms with Crippen molar-refractivity contribution in [3.05, 3.63) is 58.7 Å². The predicted octanol–water partition coefficient (Wildman–Crippen LogP) is 4.21. The zero-order valence-corrected chi connectivity index (χ0v) is 19.5. The van der Waals surface area contributed by atoms with Gasteiger partial charge in [-0.15, -0.1) is 0 Å². The number of carbonyl (C=O) groups excluding carboxylic acids is 1. The van der Waals surface area contributed by atoms with Crippen LogP contribution in [0.25, 0.3) is 0 Å². The van der Waals surface area contributed by atoms with Gasteiger partial charge in [-0.2, -0.15) is 0 Å². The quantitative estimate of drug-likeness (QED) is 0.698. The summed E-state index contributed by atoms with van der Waals surface area (Å²) in [6, 6.07) is 12.7. The molecule has 0 bridgehead atoms. The van der Waals surface area contributed by atoms with Crippen LogP contribution in [0.5, 0.6) is 11.5 Å². The number of carbonyl (C=O) groups is 1. The molecular formula is C25H35N3O3. The first-order valence-electron chi connectivity index (χ1n) is 10.9. The van der Waals surface area contributed by atoms with E-state index in [1.807, 2.05) is 13.8 Å². The Kier molecular flexibility index (Phi) is 7.44. The molecule has 2 aromatic rings. The molecule has 2 amide bonds. The van der Waals surface area contributed by atoms with Gasteiger partial charge in [0.1, 0.15) is 0 Å². The number of nitrogens with one attached hydrogen (secondary N) is 2. The highest BCUT2D eigenvalue weighted by molar-refractivity contribution is 5.74. The van der Waals surface area contributed by atoms with Gasteiger partial charge in [-0.3, -0.25) is 4.90 Å². The topological polar surface area (TPSA) is 62.8 Å². The molecule has 31 heavy (non-hydrogen) atoms. The van der Waals surface area contributed by atoms with Crippen molar-refractivity contribution < 1.29 is 14.3 Å². The van der Waals surface area contributed by atoms with E-state index in [-0.39, 0.29) is 24.2 Å². The van der Waals surface area contributed by atoms with Crippen LogP contribution in [0.1, 0.15) is 49.1 Å². The average molecular weight is 426 g/mol. The fourth-order valence-corrected chi connectivity index (χ4v) is 4.31. The Hall–Kier alpha value is -2.73. The third-order valence-corrected chi connectivity index (χ3v) is 5.78. The van der Waals surface area contributed by atoms with E-state index in [1.165, 1.54) is 22.3 Å². The number of rotatable bonds is 7. The van der Waals surface area contributed by atoms with Crippen molar-refractivity contribution in [2.75, 3.05) is 20.8 Å². The molecule has 168 valence electrons. The lowest BCUT2D eigenvalue weighted by Gasteiger charge is -2.41. The van der Waals surface area contributed by atoms with Crippen LogP contribution in [-0.4, -0.2) is 43.8 Å². The van der Waals surface area contributed by atoms with E-state index in [2.05, 4.69) is 65.8 Å². The third-order valence-electron chi connectivity index (χ3n) is 5.78. The number of urea groups is 1. The fourth-order valence-electron chi connectivity index (χ4n) is 4.31. The summed E-state index contributed by atoms with van der Waals surface area (Å²) in [4.78, 5) is 14.9. The third kappa shape index (κ3) is 5.50. The number of methoxy groups -OCH3 is 2. The Morgan fingerprint density at radius 1 is 1.06 bits per heavy atom. The molecule has 0 radical (unpaired) electrons. The normalized spacial score (nSPS) is 17.1. The Bertz CT molecular complexity index is 896. The Balaban J connectivity index is 1.95. The SMILES string of the molecule is COc1cc2c(cc1OC)[C@@H]([C@@H](C)NC(=O)NC(C)C)N(Cc1ccc(C)cc1)CC2. The minimum atomic E-state index is -0.148. The number of aryl methyl sites for hydroxylation is 1. The molecule has 0 unspecified atom stereocenters. The van der Waals surface area contributed by atoms with Gasteiger partial charge in [-0.05, 0) is 62.9 Å². The molecule has 0 fully saturated rings. The van der Waals surface area contributed by atoms with Crippen LogP contribution in [0.4, 0.5) is 4.79 Å². The maximum absolute atomic E-state index is 12.5. The minimum absolute atomic E-state index is 0.0165. The van der Waals surface area contributed by atoms with E-state index in [1.54, 1.807) is 14.2 Å². The van der Waals surface area contributed by atoms with Gasteiger partial charge in [0.15, 0.2) is 11.5 Å². The highest BCUT2D eigenvalue weighted by Crippen LogP contribution is 2.40. The van der Waals surface area contributed by atoms with Crippen LogP contribution in [0.2, 0.25) is 0 Å². The highest BCUT2D eigenvalue weighted by Gasteiger charge is 2.33. The van der Waals surface area contributed by atoms with Gasteiger partial charge in [0.2, 0.25) is 0 Å². The van der Waals surface area contributed by atoms with E-state index in [0.29, 0.717) is 5.75 Å². The number of amides is 2. The second-order valence-corrected chi connectivity index (χ2v) is 8.62. The van der Waals surface area contributed by atoms with Crippen LogP contribution >= 0.6 is 0 Å². The summed E-state index contributed by atoms with van der Waals surface area (Å²) >= 11 is 0. The summed E-state index contributed by atoms with van der Waals surface area (Å²) in [6.45, 7) is 9.80. The van der Waals surface area contributed by atoms with Crippen LogP contribution in [0, 0.1) is 6.92 Å². The average Bonchev–Trinajstić information content (AvgIpc) is 2.73. The smallest absolute Gasteiger partial charge is 0.315 e. The maximum Gasteiger partial charge on any atom is 0.315 e. The van der Waals surface area contributed by atoms with Gasteiger partial charge in [0.25, 0.3) is 0 Å². The molecule has 6 nitrogen and oxygen atoms in total. The first kappa shape index (κ1) is 22.9. The number of ether oxygens (including phenoxy) is 2. The molecule has 0 saturated carbocycles. The van der Waals surface area contributed by atoms with Crippen molar-refractivity contribution >= 4 is 6.03 Å². The number of fused-ring (bicyclic) bond motifs is 1. The first-order valence-corrected chi connectivity index (χ1v) is 10.9. The summed E-state index contributed by atoms with van der Waals surface area (Å²) in [5.74, 6) is 1.45. The lowest BCUT2D eigenvalue weighted by Crippen LogP contribution is -2.50. The number of benzene rings is 2. The van der Waals surface area contributed by atoms with Crippen molar-refractivity contribution in [2.24, 2.45) is 0 Å². The summed E-state index contributed by atoms with van der Waals surface area (Å²) in [5, 5.41) is 6.08. The molecule has 1 aliphatic heterocycles.